The van der Waals surface area contributed by atoms with E-state index in [1.807, 2.05) is 30.3 Å². The van der Waals surface area contributed by atoms with Gasteiger partial charge in [0.2, 0.25) is 0 Å². The van der Waals surface area contributed by atoms with Gasteiger partial charge in [0.1, 0.15) is 0 Å². The van der Waals surface area contributed by atoms with E-state index in [0.717, 1.165) is 5.56 Å². The summed E-state index contributed by atoms with van der Waals surface area (Å²) in [5.74, 6) is 0. The van der Waals surface area contributed by atoms with E-state index in [9.17, 15) is 0 Å². The summed E-state index contributed by atoms with van der Waals surface area (Å²) in [6.07, 6.45) is -0.230. The Morgan fingerprint density at radius 2 is 2.00 bits per heavy atom. The van der Waals surface area contributed by atoms with Gasteiger partial charge in [-0.15, -0.1) is 0 Å². The zero-order chi connectivity index (χ0) is 9.68. The van der Waals surface area contributed by atoms with Gasteiger partial charge in [-0.1, -0.05) is 30.3 Å². The molecule has 0 bridgehead atoms. The van der Waals surface area contributed by atoms with Gasteiger partial charge >= 0.3 is 0 Å². The fourth-order valence-electron chi connectivity index (χ4n) is 1.30. The Morgan fingerprint density at radius 1 is 1.38 bits per heavy atom. The highest BCUT2D eigenvalue weighted by molar-refractivity contribution is 5.19. The van der Waals surface area contributed by atoms with Gasteiger partial charge in [-0.3, -0.25) is 0 Å². The molecule has 0 amide bonds. The SMILES string of the molecule is COC(c1ccccc1)[C@H](N)CO. The number of hydrogen-bond donors (Lipinski definition) is 2. The first-order chi connectivity index (χ1) is 6.29. The van der Waals surface area contributed by atoms with Gasteiger partial charge in [0.25, 0.3) is 0 Å². The van der Waals surface area contributed by atoms with Crippen LogP contribution >= 0.6 is 0 Å². The van der Waals surface area contributed by atoms with E-state index in [2.05, 4.69) is 0 Å². The Labute approximate surface area is 78.1 Å². The predicted molar refractivity (Wildman–Crippen MR) is 51.3 cm³/mol. The average molecular weight is 181 g/mol. The molecule has 3 heteroatoms. The zero-order valence-electron chi connectivity index (χ0n) is 7.68. The van der Waals surface area contributed by atoms with E-state index >= 15 is 0 Å². The summed E-state index contributed by atoms with van der Waals surface area (Å²) >= 11 is 0. The number of benzene rings is 1. The molecule has 13 heavy (non-hydrogen) atoms. The Kier molecular flexibility index (Phi) is 3.89. The molecule has 0 radical (unpaired) electrons. The van der Waals surface area contributed by atoms with Crippen LogP contribution in [-0.4, -0.2) is 24.9 Å². The van der Waals surface area contributed by atoms with Crippen LogP contribution in [0.3, 0.4) is 0 Å². The first-order valence-electron chi connectivity index (χ1n) is 4.23. The van der Waals surface area contributed by atoms with Crippen LogP contribution in [-0.2, 0) is 4.74 Å². The second-order valence-corrected chi connectivity index (χ2v) is 2.91. The molecule has 0 aliphatic rings. The van der Waals surface area contributed by atoms with Crippen LogP contribution < -0.4 is 5.73 Å². The third-order valence-corrected chi connectivity index (χ3v) is 1.98. The van der Waals surface area contributed by atoms with E-state index in [0.29, 0.717) is 0 Å². The molecule has 1 aromatic rings. The maximum absolute atomic E-state index is 8.89. The summed E-state index contributed by atoms with van der Waals surface area (Å²) in [4.78, 5) is 0. The van der Waals surface area contributed by atoms with Crippen LogP contribution in [0.5, 0.6) is 0 Å². The van der Waals surface area contributed by atoms with Crippen LogP contribution in [0, 0.1) is 0 Å². The lowest BCUT2D eigenvalue weighted by Gasteiger charge is -2.20. The summed E-state index contributed by atoms with van der Waals surface area (Å²) < 4.78 is 5.20. The molecule has 0 fully saturated rings. The van der Waals surface area contributed by atoms with Gasteiger partial charge < -0.3 is 15.6 Å². The van der Waals surface area contributed by atoms with Crippen molar-refractivity contribution in [2.45, 2.75) is 12.1 Å². The van der Waals surface area contributed by atoms with Crippen LogP contribution in [0.4, 0.5) is 0 Å². The van der Waals surface area contributed by atoms with Crippen LogP contribution in [0.1, 0.15) is 11.7 Å². The van der Waals surface area contributed by atoms with E-state index in [1.54, 1.807) is 7.11 Å². The summed E-state index contributed by atoms with van der Waals surface area (Å²) in [7, 11) is 1.59. The molecule has 1 rings (SSSR count). The van der Waals surface area contributed by atoms with Crippen molar-refractivity contribution >= 4 is 0 Å². The highest BCUT2D eigenvalue weighted by Gasteiger charge is 2.17. The molecule has 3 N–H and O–H groups in total. The number of nitrogens with two attached hydrogens (primary N) is 1. The highest BCUT2D eigenvalue weighted by Crippen LogP contribution is 2.18. The predicted octanol–water partition coefficient (Wildman–Crippen LogP) is 0.694. The number of methoxy groups -OCH3 is 1. The zero-order valence-corrected chi connectivity index (χ0v) is 7.68. The lowest BCUT2D eigenvalue weighted by molar-refractivity contribution is 0.0590. The fourth-order valence-corrected chi connectivity index (χ4v) is 1.30. The van der Waals surface area contributed by atoms with E-state index in [4.69, 9.17) is 15.6 Å². The standard InChI is InChI=1S/C10H15NO2/c1-13-10(9(11)7-12)8-5-3-2-4-6-8/h2-6,9-10,12H,7,11H2,1H3/t9-,10?/m1/s1. The molecule has 3 nitrogen and oxygen atoms in total. The number of aliphatic hydroxyl groups is 1. The highest BCUT2D eigenvalue weighted by atomic mass is 16.5. The van der Waals surface area contributed by atoms with E-state index in [1.165, 1.54) is 0 Å². The Morgan fingerprint density at radius 3 is 2.46 bits per heavy atom. The molecule has 1 unspecified atom stereocenters. The third-order valence-electron chi connectivity index (χ3n) is 1.98. The van der Waals surface area contributed by atoms with Crippen LogP contribution in [0.25, 0.3) is 0 Å². The largest absolute Gasteiger partial charge is 0.395 e. The fraction of sp³-hybridized carbons (Fsp3) is 0.400. The maximum atomic E-state index is 8.89. The monoisotopic (exact) mass is 181 g/mol. The minimum Gasteiger partial charge on any atom is -0.395 e. The molecule has 0 spiro atoms. The minimum absolute atomic E-state index is 0.0760. The summed E-state index contributed by atoms with van der Waals surface area (Å²) in [6.45, 7) is -0.0760. The first-order valence-corrected chi connectivity index (χ1v) is 4.23. The van der Waals surface area contributed by atoms with E-state index < -0.39 is 0 Å². The lowest BCUT2D eigenvalue weighted by Crippen LogP contribution is -2.33. The Bertz CT molecular complexity index is 238. The van der Waals surface area contributed by atoms with Gasteiger partial charge in [-0.2, -0.15) is 0 Å². The lowest BCUT2D eigenvalue weighted by atomic mass is 10.0. The molecule has 0 saturated heterocycles. The normalized spacial score (nSPS) is 15.3. The van der Waals surface area contributed by atoms with Crippen molar-refractivity contribution in [1.29, 1.82) is 0 Å². The molecule has 0 saturated carbocycles. The van der Waals surface area contributed by atoms with Gasteiger partial charge in [0.05, 0.1) is 18.8 Å². The summed E-state index contributed by atoms with van der Waals surface area (Å²) in [6, 6.07) is 9.28. The molecule has 2 atom stereocenters. The molecule has 0 aliphatic carbocycles. The molecule has 0 heterocycles. The summed E-state index contributed by atoms with van der Waals surface area (Å²) in [5.41, 5.74) is 6.68. The molecule has 0 aromatic heterocycles. The first kappa shape index (κ1) is 10.2. The molecule has 1 aromatic carbocycles. The van der Waals surface area contributed by atoms with Crippen molar-refractivity contribution in [2.75, 3.05) is 13.7 Å². The van der Waals surface area contributed by atoms with Crippen LogP contribution in [0.15, 0.2) is 30.3 Å². The second-order valence-electron chi connectivity index (χ2n) is 2.91. The van der Waals surface area contributed by atoms with Crippen LogP contribution in [0.2, 0.25) is 0 Å². The molecular weight excluding hydrogens is 166 g/mol. The van der Waals surface area contributed by atoms with Crippen molar-refractivity contribution in [1.82, 2.24) is 0 Å². The summed E-state index contributed by atoms with van der Waals surface area (Å²) in [5, 5.41) is 8.89. The van der Waals surface area contributed by atoms with Gasteiger partial charge in [0.15, 0.2) is 0 Å². The smallest absolute Gasteiger partial charge is 0.0994 e. The molecule has 0 aliphatic heterocycles. The second kappa shape index (κ2) is 4.97. The minimum atomic E-state index is -0.368. The average Bonchev–Trinajstić information content (AvgIpc) is 2.20. The van der Waals surface area contributed by atoms with Crippen molar-refractivity contribution in [3.63, 3.8) is 0 Å². The topological polar surface area (TPSA) is 55.5 Å². The third kappa shape index (κ3) is 2.52. The van der Waals surface area contributed by atoms with Crippen molar-refractivity contribution in [3.8, 4) is 0 Å². The van der Waals surface area contributed by atoms with Gasteiger partial charge in [-0.05, 0) is 5.56 Å². The molecule has 72 valence electrons. The van der Waals surface area contributed by atoms with Crippen molar-refractivity contribution in [2.24, 2.45) is 5.73 Å². The van der Waals surface area contributed by atoms with Gasteiger partial charge in [-0.25, -0.2) is 0 Å². The number of aliphatic hydroxyl groups excluding tert-OH is 1. The number of ether oxygens (including phenoxy) is 1. The maximum Gasteiger partial charge on any atom is 0.0994 e. The quantitative estimate of drug-likeness (QED) is 0.718. The number of hydrogen-bond acceptors (Lipinski definition) is 3. The Balaban J connectivity index is 2.78. The molecular formula is C10H15NO2. The Hall–Kier alpha value is -0.900. The number of rotatable bonds is 4. The van der Waals surface area contributed by atoms with Crippen molar-refractivity contribution in [3.05, 3.63) is 35.9 Å². The van der Waals surface area contributed by atoms with E-state index in [-0.39, 0.29) is 18.8 Å². The van der Waals surface area contributed by atoms with Gasteiger partial charge in [0, 0.05) is 7.11 Å². The van der Waals surface area contributed by atoms with Crippen molar-refractivity contribution < 1.29 is 9.84 Å².